The van der Waals surface area contributed by atoms with Crippen molar-refractivity contribution in [1.82, 2.24) is 0 Å². The molecule has 6 heteroatoms. The van der Waals surface area contributed by atoms with E-state index >= 15 is 0 Å². The maximum absolute atomic E-state index is 3.44. The maximum atomic E-state index is 3.44. The fraction of sp³-hybridized carbons (Fsp3) is 0.194. The summed E-state index contributed by atoms with van der Waals surface area (Å²) in [6, 6.07) is 70.0. The molecule has 8 aromatic carbocycles. The second-order valence-corrected chi connectivity index (χ2v) is 22.4. The Labute approximate surface area is 461 Å². The maximum Gasteiger partial charge on any atom is 2.00 e. The van der Waals surface area contributed by atoms with E-state index in [9.17, 15) is 0 Å². The van der Waals surface area contributed by atoms with Crippen LogP contribution in [0.2, 0.25) is 0 Å². The molecule has 0 bridgehead atoms. The van der Waals surface area contributed by atoms with Crippen molar-refractivity contribution < 1.29 is 77.2 Å². The van der Waals surface area contributed by atoms with Gasteiger partial charge in [0.1, 0.15) is 0 Å². The molecule has 0 N–H and O–H groups in total. The Balaban J connectivity index is 0.000000251. The molecule has 0 aliphatic heterocycles. The van der Waals surface area contributed by atoms with Gasteiger partial charge in [-0.15, -0.1) is 94.5 Å². The van der Waals surface area contributed by atoms with Gasteiger partial charge in [0.25, 0.3) is 0 Å². The standard InChI is InChI=1S/2C21H16P.2C10H15.2ClH.2Zr/c2*1-3-11-19(12-4-1)22(20-13-5-2-6-14-20)21-15-17-9-7-8-10-18(17)16-21;2*1-7-6-10(4,5)9(3)8(7)2;;;;/h2*1-16H;2*1-5H3;2*1H;;/q4*-1;;;2*+2/p-2. The molecule has 0 spiro atoms. The summed E-state index contributed by atoms with van der Waals surface area (Å²) in [6.07, 6.45) is 6.87. The zero-order valence-corrected chi connectivity index (χ0v) is 49.3. The Kier molecular flexibility index (Phi) is 23.2. The van der Waals surface area contributed by atoms with E-state index in [0.29, 0.717) is 0 Å². The first-order valence-electron chi connectivity index (χ1n) is 22.4. The van der Waals surface area contributed by atoms with Gasteiger partial charge >= 0.3 is 52.4 Å². The molecule has 8 aromatic rings. The van der Waals surface area contributed by atoms with Crippen LogP contribution in [0.1, 0.15) is 69.2 Å². The predicted molar refractivity (Wildman–Crippen MR) is 286 cm³/mol. The Morgan fingerprint density at radius 3 is 0.824 bits per heavy atom. The summed E-state index contributed by atoms with van der Waals surface area (Å²) < 4.78 is 0. The van der Waals surface area contributed by atoms with Crippen molar-refractivity contribution in [2.45, 2.75) is 69.2 Å². The number of fused-ring (bicyclic) bond motifs is 2. The molecule has 0 amide bonds. The van der Waals surface area contributed by atoms with Crippen molar-refractivity contribution in [3.05, 3.63) is 240 Å². The smallest absolute Gasteiger partial charge is 1.00 e. The minimum Gasteiger partial charge on any atom is -1.00 e. The van der Waals surface area contributed by atoms with E-state index in [1.807, 2.05) is 0 Å². The van der Waals surface area contributed by atoms with Gasteiger partial charge in [-0.25, -0.2) is 11.1 Å². The van der Waals surface area contributed by atoms with Crippen molar-refractivity contribution >= 4 is 69.2 Å². The van der Waals surface area contributed by atoms with E-state index < -0.39 is 15.8 Å². The average molecular weight is 1120 g/mol. The first-order chi connectivity index (χ1) is 30.7. The van der Waals surface area contributed by atoms with Crippen LogP contribution in [0.25, 0.3) is 21.5 Å². The first-order valence-corrected chi connectivity index (χ1v) is 25.1. The van der Waals surface area contributed by atoms with E-state index in [4.69, 9.17) is 0 Å². The summed E-state index contributed by atoms with van der Waals surface area (Å²) >= 11 is 0. The van der Waals surface area contributed by atoms with E-state index in [2.05, 4.69) is 276 Å². The third kappa shape index (κ3) is 14.4. The van der Waals surface area contributed by atoms with Crippen LogP contribution >= 0.6 is 15.8 Å². The zero-order chi connectivity index (χ0) is 45.4. The molecule has 0 heterocycles. The molecular weight excluding hydrogens is 1060 g/mol. The van der Waals surface area contributed by atoms with Crippen LogP contribution in [0.4, 0.5) is 0 Å². The Hall–Kier alpha value is -3.29. The van der Waals surface area contributed by atoms with Crippen molar-refractivity contribution in [2.24, 2.45) is 10.8 Å². The normalized spacial score (nSPS) is 14.1. The molecule has 68 heavy (non-hydrogen) atoms. The van der Waals surface area contributed by atoms with Gasteiger partial charge in [-0.05, 0) is 37.1 Å². The van der Waals surface area contributed by atoms with E-state index in [1.165, 1.54) is 86.8 Å². The van der Waals surface area contributed by atoms with Crippen molar-refractivity contribution in [1.29, 1.82) is 0 Å². The third-order valence-electron chi connectivity index (χ3n) is 12.9. The molecule has 10 rings (SSSR count). The van der Waals surface area contributed by atoms with Gasteiger partial charge in [-0.2, -0.15) is 34.4 Å². The van der Waals surface area contributed by atoms with Crippen LogP contribution in [0, 0.1) is 23.0 Å². The monoisotopic (exact) mass is 1120 g/mol. The summed E-state index contributed by atoms with van der Waals surface area (Å²) in [4.78, 5) is 0. The summed E-state index contributed by atoms with van der Waals surface area (Å²) in [5.41, 5.74) is 8.79. The molecular formula is C62H62Cl2P2Zr2-2. The number of rotatable bonds is 6. The van der Waals surface area contributed by atoms with Gasteiger partial charge < -0.3 is 24.8 Å². The van der Waals surface area contributed by atoms with Gasteiger partial charge in [0.2, 0.25) is 0 Å². The number of benzene rings is 6. The van der Waals surface area contributed by atoms with Crippen molar-refractivity contribution in [2.75, 3.05) is 0 Å². The molecule has 0 saturated heterocycles. The van der Waals surface area contributed by atoms with E-state index in [-0.39, 0.29) is 88.1 Å². The Bertz CT molecular complexity index is 2590. The minimum atomic E-state index is -0.493. The summed E-state index contributed by atoms with van der Waals surface area (Å²) in [5, 5.41) is 13.8. The van der Waals surface area contributed by atoms with Gasteiger partial charge in [0.15, 0.2) is 0 Å². The summed E-state index contributed by atoms with van der Waals surface area (Å²) in [6.45, 7) is 21.8. The molecule has 0 radical (unpaired) electrons. The predicted octanol–water partition coefficient (Wildman–Crippen LogP) is 8.86. The molecule has 0 unspecified atom stereocenters. The van der Waals surface area contributed by atoms with Gasteiger partial charge in [-0.1, -0.05) is 200 Å². The molecule has 2 aliphatic rings. The third-order valence-corrected chi connectivity index (χ3v) is 17.7. The fourth-order valence-electron chi connectivity index (χ4n) is 8.54. The molecule has 0 saturated carbocycles. The Morgan fingerprint density at radius 2 is 0.618 bits per heavy atom. The fourth-order valence-corrected chi connectivity index (χ4v) is 13.3. The Morgan fingerprint density at radius 1 is 0.368 bits per heavy atom. The van der Waals surface area contributed by atoms with Crippen molar-refractivity contribution in [3.63, 3.8) is 0 Å². The molecule has 0 atom stereocenters. The van der Waals surface area contributed by atoms with Crippen molar-refractivity contribution in [3.8, 4) is 0 Å². The first kappa shape index (κ1) is 59.0. The molecule has 0 nitrogen and oxygen atoms in total. The average Bonchev–Trinajstić information content (AvgIpc) is 4.02. The van der Waals surface area contributed by atoms with Crippen LogP contribution in [-0.4, -0.2) is 0 Å². The number of halogens is 2. The van der Waals surface area contributed by atoms with Crippen LogP contribution in [-0.2, 0) is 52.4 Å². The van der Waals surface area contributed by atoms with Gasteiger partial charge in [-0.3, -0.25) is 12.2 Å². The second-order valence-electron chi connectivity index (χ2n) is 17.9. The quantitative estimate of drug-likeness (QED) is 0.116. The number of hydrogen-bond acceptors (Lipinski definition) is 0. The molecule has 2 aliphatic carbocycles. The number of hydrogen-bond donors (Lipinski definition) is 0. The van der Waals surface area contributed by atoms with Crippen LogP contribution in [0.5, 0.6) is 0 Å². The minimum absolute atomic E-state index is 0. The largest absolute Gasteiger partial charge is 2.00 e. The van der Waals surface area contributed by atoms with Gasteiger partial charge in [0.05, 0.1) is 0 Å². The summed E-state index contributed by atoms with van der Waals surface area (Å²) in [5.74, 6) is 0. The van der Waals surface area contributed by atoms with Crippen LogP contribution < -0.4 is 56.6 Å². The summed E-state index contributed by atoms with van der Waals surface area (Å²) in [7, 11) is -0.986. The van der Waals surface area contributed by atoms with Crippen LogP contribution in [0.15, 0.2) is 228 Å². The molecule has 344 valence electrons. The SMILES string of the molecule is CC1=[C-]C(C)(C)C(C)=C1C.CC1=[C-]C(C)(C)C(C)=C1C.[Cl-].[Cl-].[Zr+2].[Zr+2].c1ccc(P(c2ccccc2)c2cc3ccccc3[cH-]2)cc1.c1ccc(P(c2ccccc2)c2cc3ccccc3[cH-]2)cc1. The molecule has 0 fully saturated rings. The zero-order valence-electron chi connectivity index (χ0n) is 41.1. The van der Waals surface area contributed by atoms with E-state index in [1.54, 1.807) is 0 Å². The number of allylic oxidation sites excluding steroid dienone is 8. The second kappa shape index (κ2) is 26.8. The van der Waals surface area contributed by atoms with Crippen LogP contribution in [0.3, 0.4) is 0 Å². The molecule has 0 aromatic heterocycles. The topological polar surface area (TPSA) is 0 Å². The van der Waals surface area contributed by atoms with E-state index in [0.717, 1.165) is 0 Å². The van der Waals surface area contributed by atoms with Gasteiger partial charge in [0, 0.05) is 0 Å².